The highest BCUT2D eigenvalue weighted by Gasteiger charge is 2.41. The van der Waals surface area contributed by atoms with Crippen molar-refractivity contribution in [1.29, 1.82) is 0 Å². The Morgan fingerprint density at radius 3 is 2.55 bits per heavy atom. The first-order valence-electron chi connectivity index (χ1n) is 10.4. The Hall–Kier alpha value is -3.23. The number of rotatable bonds is 11. The summed E-state index contributed by atoms with van der Waals surface area (Å²) in [4.78, 5) is 48.6. The minimum absolute atomic E-state index is 0.0946. The van der Waals surface area contributed by atoms with Crippen LogP contribution in [0.4, 0.5) is 4.79 Å². The molecule has 3 amide bonds. The first-order valence-corrected chi connectivity index (χ1v) is 10.4. The molecule has 31 heavy (non-hydrogen) atoms. The topological polar surface area (TPSA) is 114 Å². The van der Waals surface area contributed by atoms with E-state index in [1.165, 1.54) is 13.1 Å². The van der Waals surface area contributed by atoms with Crippen molar-refractivity contribution in [1.82, 2.24) is 10.3 Å². The Bertz CT molecular complexity index is 811. The Morgan fingerprint density at radius 2 is 1.94 bits per heavy atom. The predicted molar refractivity (Wildman–Crippen MR) is 113 cm³/mol. The van der Waals surface area contributed by atoms with Gasteiger partial charge >= 0.3 is 18.0 Å². The molecule has 0 bridgehead atoms. The molecule has 9 heteroatoms. The number of nitrogens with one attached hydrogen (secondary N) is 1. The molecule has 0 saturated carbocycles. The third kappa shape index (κ3) is 6.91. The molecule has 1 N–H and O–H groups in total. The summed E-state index contributed by atoms with van der Waals surface area (Å²) >= 11 is 0. The molecule has 2 rings (SSSR count). The summed E-state index contributed by atoms with van der Waals surface area (Å²) in [5.41, 5.74) is 0.663. The molecule has 9 nitrogen and oxygen atoms in total. The van der Waals surface area contributed by atoms with E-state index in [1.54, 1.807) is 31.2 Å². The van der Waals surface area contributed by atoms with Gasteiger partial charge in [0, 0.05) is 6.92 Å². The van der Waals surface area contributed by atoms with Gasteiger partial charge in [0.05, 0.1) is 18.7 Å². The summed E-state index contributed by atoms with van der Waals surface area (Å²) in [5.74, 6) is -1.97. The lowest BCUT2D eigenvalue weighted by molar-refractivity contribution is -0.149. The van der Waals surface area contributed by atoms with E-state index in [4.69, 9.17) is 9.47 Å². The third-order valence-electron chi connectivity index (χ3n) is 4.82. The molecule has 3 unspecified atom stereocenters. The first-order chi connectivity index (χ1) is 14.9. The number of nitrogens with zero attached hydrogens (tertiary/aromatic N) is 2. The van der Waals surface area contributed by atoms with Crippen LogP contribution in [-0.4, -0.2) is 47.7 Å². The molecule has 1 aromatic rings. The number of hydrogen-bond donors (Lipinski definition) is 1. The average molecular weight is 431 g/mol. The van der Waals surface area contributed by atoms with Crippen LogP contribution >= 0.6 is 0 Å². The molecule has 0 radical (unpaired) electrons. The SMILES string of the molecule is CCCCC(CC1C(=O)NC(=O)N1/N=C/C(OC(C)=O)c1ccccc1)C(=O)OCC. The van der Waals surface area contributed by atoms with Crippen LogP contribution in [0.2, 0.25) is 0 Å². The number of unbranched alkanes of at least 4 members (excludes halogenated alkanes) is 1. The zero-order chi connectivity index (χ0) is 22.8. The van der Waals surface area contributed by atoms with Crippen molar-refractivity contribution in [3.8, 4) is 0 Å². The number of urea groups is 1. The zero-order valence-corrected chi connectivity index (χ0v) is 18.1. The molecule has 1 saturated heterocycles. The second-order valence-corrected chi connectivity index (χ2v) is 7.19. The van der Waals surface area contributed by atoms with Crippen molar-refractivity contribution in [3.63, 3.8) is 0 Å². The molecular formula is C22H29N3O6. The highest BCUT2D eigenvalue weighted by Crippen LogP contribution is 2.24. The minimum atomic E-state index is -0.955. The molecule has 1 fully saturated rings. The number of amides is 3. The fourth-order valence-corrected chi connectivity index (χ4v) is 3.29. The van der Waals surface area contributed by atoms with E-state index < -0.39 is 41.9 Å². The standard InChI is InChI=1S/C22H29N3O6/c1-4-6-10-17(21(28)30-5-2)13-18-20(27)24-22(29)25(18)23-14-19(31-15(3)26)16-11-8-7-9-12-16/h7-9,11-12,14,17-19H,4-6,10,13H2,1-3H3,(H,24,27,29)/b23-14+. The summed E-state index contributed by atoms with van der Waals surface area (Å²) in [6.45, 7) is 5.23. The minimum Gasteiger partial charge on any atom is -0.466 e. The van der Waals surface area contributed by atoms with Crippen LogP contribution in [0.5, 0.6) is 0 Å². The number of esters is 2. The van der Waals surface area contributed by atoms with Crippen molar-refractivity contribution in [2.45, 2.75) is 58.6 Å². The van der Waals surface area contributed by atoms with Gasteiger partial charge in [-0.25, -0.2) is 9.80 Å². The Kier molecular flexibility index (Phi) is 9.17. The van der Waals surface area contributed by atoms with Gasteiger partial charge in [0.25, 0.3) is 5.91 Å². The van der Waals surface area contributed by atoms with Crippen LogP contribution < -0.4 is 5.32 Å². The van der Waals surface area contributed by atoms with E-state index in [2.05, 4.69) is 10.4 Å². The van der Waals surface area contributed by atoms with E-state index >= 15 is 0 Å². The lowest BCUT2D eigenvalue weighted by Crippen LogP contribution is -2.35. The maximum absolute atomic E-state index is 12.4. The monoisotopic (exact) mass is 431 g/mol. The van der Waals surface area contributed by atoms with E-state index in [9.17, 15) is 19.2 Å². The number of carbonyl (C=O) groups excluding carboxylic acids is 4. The third-order valence-corrected chi connectivity index (χ3v) is 4.82. The van der Waals surface area contributed by atoms with Crippen molar-refractivity contribution < 1.29 is 28.7 Å². The van der Waals surface area contributed by atoms with Gasteiger partial charge in [-0.15, -0.1) is 0 Å². The van der Waals surface area contributed by atoms with E-state index in [-0.39, 0.29) is 13.0 Å². The second kappa shape index (κ2) is 11.8. The van der Waals surface area contributed by atoms with Crippen LogP contribution in [0.3, 0.4) is 0 Å². The number of imide groups is 1. The quantitative estimate of drug-likeness (QED) is 0.327. The van der Waals surface area contributed by atoms with Crippen molar-refractivity contribution in [2.24, 2.45) is 11.0 Å². The summed E-state index contributed by atoms with van der Waals surface area (Å²) in [5, 5.41) is 7.38. The predicted octanol–water partition coefficient (Wildman–Crippen LogP) is 2.96. The summed E-state index contributed by atoms with van der Waals surface area (Å²) in [6.07, 6.45) is 2.78. The molecule has 1 aliphatic heterocycles. The fourth-order valence-electron chi connectivity index (χ4n) is 3.29. The molecule has 0 spiro atoms. The maximum Gasteiger partial charge on any atom is 0.345 e. The van der Waals surface area contributed by atoms with Crippen LogP contribution in [0, 0.1) is 5.92 Å². The molecule has 1 aliphatic rings. The van der Waals surface area contributed by atoms with Crippen molar-refractivity contribution >= 4 is 30.1 Å². The highest BCUT2D eigenvalue weighted by atomic mass is 16.5. The first kappa shape index (κ1) is 24.0. The maximum atomic E-state index is 12.4. The molecular weight excluding hydrogens is 402 g/mol. The second-order valence-electron chi connectivity index (χ2n) is 7.19. The fraction of sp³-hybridized carbons (Fsp3) is 0.500. The number of hydrogen-bond acceptors (Lipinski definition) is 7. The van der Waals surface area contributed by atoms with Gasteiger partial charge in [-0.3, -0.25) is 19.7 Å². The largest absolute Gasteiger partial charge is 0.466 e. The van der Waals surface area contributed by atoms with Crippen molar-refractivity contribution in [3.05, 3.63) is 35.9 Å². The molecule has 0 aromatic heterocycles. The average Bonchev–Trinajstić information content (AvgIpc) is 3.01. The Balaban J connectivity index is 2.23. The molecule has 0 aliphatic carbocycles. The number of hydrazone groups is 1. The number of benzene rings is 1. The molecule has 1 aromatic carbocycles. The van der Waals surface area contributed by atoms with Gasteiger partial charge in [0.15, 0.2) is 6.10 Å². The highest BCUT2D eigenvalue weighted by molar-refractivity contribution is 6.04. The summed E-state index contributed by atoms with van der Waals surface area (Å²) in [7, 11) is 0. The summed E-state index contributed by atoms with van der Waals surface area (Å²) < 4.78 is 10.4. The van der Waals surface area contributed by atoms with Crippen LogP contribution in [-0.2, 0) is 23.9 Å². The van der Waals surface area contributed by atoms with Crippen molar-refractivity contribution in [2.75, 3.05) is 6.61 Å². The van der Waals surface area contributed by atoms with Gasteiger partial charge in [0.1, 0.15) is 6.04 Å². The zero-order valence-electron chi connectivity index (χ0n) is 18.1. The molecule has 3 atom stereocenters. The lowest BCUT2D eigenvalue weighted by Gasteiger charge is -2.22. The number of carbonyl (C=O) groups is 4. The van der Waals surface area contributed by atoms with Gasteiger partial charge < -0.3 is 9.47 Å². The Morgan fingerprint density at radius 1 is 1.23 bits per heavy atom. The van der Waals surface area contributed by atoms with Gasteiger partial charge in [-0.1, -0.05) is 50.1 Å². The van der Waals surface area contributed by atoms with Crippen LogP contribution in [0.25, 0.3) is 0 Å². The lowest BCUT2D eigenvalue weighted by atomic mass is 9.94. The molecule has 168 valence electrons. The Labute approximate surface area is 181 Å². The summed E-state index contributed by atoms with van der Waals surface area (Å²) in [6, 6.07) is 7.25. The molecule has 1 heterocycles. The smallest absolute Gasteiger partial charge is 0.345 e. The van der Waals surface area contributed by atoms with Gasteiger partial charge in [0.2, 0.25) is 0 Å². The van der Waals surface area contributed by atoms with Gasteiger partial charge in [-0.05, 0) is 25.3 Å². The van der Waals surface area contributed by atoms with Gasteiger partial charge in [-0.2, -0.15) is 5.10 Å². The van der Waals surface area contributed by atoms with Crippen LogP contribution in [0.1, 0.15) is 58.1 Å². The van der Waals surface area contributed by atoms with E-state index in [0.717, 1.165) is 17.9 Å². The normalized spacial score (nSPS) is 18.0. The number of ether oxygens (including phenoxy) is 2. The van der Waals surface area contributed by atoms with E-state index in [0.29, 0.717) is 12.0 Å². The van der Waals surface area contributed by atoms with Crippen LogP contribution in [0.15, 0.2) is 35.4 Å². The van der Waals surface area contributed by atoms with E-state index in [1.807, 2.05) is 13.0 Å².